The summed E-state index contributed by atoms with van der Waals surface area (Å²) in [6.45, 7) is 4.54. The molecule has 0 atom stereocenters. The van der Waals surface area contributed by atoms with E-state index in [1.165, 1.54) is 5.52 Å². The van der Waals surface area contributed by atoms with E-state index in [0.29, 0.717) is 6.42 Å². The quantitative estimate of drug-likeness (QED) is 0.804. The molecule has 24 heavy (non-hydrogen) atoms. The van der Waals surface area contributed by atoms with Crippen LogP contribution in [0.15, 0.2) is 48.5 Å². The zero-order valence-electron chi connectivity index (χ0n) is 13.7. The van der Waals surface area contributed by atoms with E-state index in [0.717, 1.165) is 42.4 Å². The number of anilines is 2. The number of aromatic nitrogens is 2. The van der Waals surface area contributed by atoms with Crippen LogP contribution < -0.4 is 10.2 Å². The Morgan fingerprint density at radius 3 is 2.71 bits per heavy atom. The molecule has 0 aliphatic carbocycles. The molecule has 0 spiro atoms. The lowest BCUT2D eigenvalue weighted by atomic mass is 10.2. The molecule has 0 fully saturated rings. The van der Waals surface area contributed by atoms with E-state index in [4.69, 9.17) is 4.98 Å². The minimum atomic E-state index is 0.0365. The fourth-order valence-corrected chi connectivity index (χ4v) is 3.19. The van der Waals surface area contributed by atoms with Crippen LogP contribution >= 0.6 is 0 Å². The second-order valence-electron chi connectivity index (χ2n) is 6.04. The standard InChI is InChI=1S/C19H20N4O/c1-2-19(24)20-14-7-9-15(10-8-14)22-11-12-23-17-6-4-3-5-16(17)21-18(23)13-22/h3-10H,2,11-13H2,1H3,(H,20,24). The number of nitrogens with zero attached hydrogens (tertiary/aromatic N) is 3. The van der Waals surface area contributed by atoms with E-state index < -0.39 is 0 Å². The van der Waals surface area contributed by atoms with Crippen molar-refractivity contribution < 1.29 is 4.79 Å². The fraction of sp³-hybridized carbons (Fsp3) is 0.263. The second kappa shape index (κ2) is 6.00. The van der Waals surface area contributed by atoms with Gasteiger partial charge in [-0.15, -0.1) is 0 Å². The van der Waals surface area contributed by atoms with E-state index in [-0.39, 0.29) is 5.91 Å². The van der Waals surface area contributed by atoms with Crippen LogP contribution in [-0.4, -0.2) is 22.0 Å². The maximum absolute atomic E-state index is 11.5. The van der Waals surface area contributed by atoms with Crippen LogP contribution in [0.2, 0.25) is 0 Å². The predicted molar refractivity (Wildman–Crippen MR) is 96.1 cm³/mol. The van der Waals surface area contributed by atoms with E-state index in [2.05, 4.69) is 45.1 Å². The molecule has 1 aromatic heterocycles. The highest BCUT2D eigenvalue weighted by Crippen LogP contribution is 2.25. The van der Waals surface area contributed by atoms with Gasteiger partial charge in [-0.3, -0.25) is 4.79 Å². The van der Waals surface area contributed by atoms with Crippen molar-refractivity contribution in [1.29, 1.82) is 0 Å². The lowest BCUT2D eigenvalue weighted by Gasteiger charge is -2.30. The minimum absolute atomic E-state index is 0.0365. The fourth-order valence-electron chi connectivity index (χ4n) is 3.19. The summed E-state index contributed by atoms with van der Waals surface area (Å²) in [7, 11) is 0. The highest BCUT2D eigenvalue weighted by atomic mass is 16.1. The molecule has 4 rings (SSSR count). The lowest BCUT2D eigenvalue weighted by Crippen LogP contribution is -2.33. The number of hydrogen-bond acceptors (Lipinski definition) is 3. The highest BCUT2D eigenvalue weighted by Gasteiger charge is 2.20. The van der Waals surface area contributed by atoms with Crippen molar-refractivity contribution in [3.63, 3.8) is 0 Å². The average molecular weight is 320 g/mol. The van der Waals surface area contributed by atoms with Crippen LogP contribution in [0.5, 0.6) is 0 Å². The number of hydrogen-bond donors (Lipinski definition) is 1. The Kier molecular flexibility index (Phi) is 3.69. The zero-order chi connectivity index (χ0) is 16.5. The number of para-hydroxylation sites is 2. The van der Waals surface area contributed by atoms with E-state index in [9.17, 15) is 4.79 Å². The number of nitrogens with one attached hydrogen (secondary N) is 1. The van der Waals surface area contributed by atoms with Gasteiger partial charge in [0.05, 0.1) is 17.6 Å². The summed E-state index contributed by atoms with van der Waals surface area (Å²) in [5.41, 5.74) is 4.27. The lowest BCUT2D eigenvalue weighted by molar-refractivity contribution is -0.115. The third kappa shape index (κ3) is 2.62. The van der Waals surface area contributed by atoms with Crippen molar-refractivity contribution in [2.45, 2.75) is 26.4 Å². The number of amides is 1. The Hall–Kier alpha value is -2.82. The van der Waals surface area contributed by atoms with Gasteiger partial charge >= 0.3 is 0 Å². The number of rotatable bonds is 3. The van der Waals surface area contributed by atoms with Gasteiger partial charge in [-0.05, 0) is 36.4 Å². The Bertz CT molecular complexity index is 882. The predicted octanol–water partition coefficient (Wildman–Crippen LogP) is 3.41. The first-order chi connectivity index (χ1) is 11.7. The molecule has 3 aromatic rings. The average Bonchev–Trinajstić information content (AvgIpc) is 3.00. The van der Waals surface area contributed by atoms with Crippen molar-refractivity contribution in [3.8, 4) is 0 Å². The molecule has 1 amide bonds. The SMILES string of the molecule is CCC(=O)Nc1ccc(N2CCn3c(nc4ccccc43)C2)cc1. The topological polar surface area (TPSA) is 50.2 Å². The summed E-state index contributed by atoms with van der Waals surface area (Å²) in [6.07, 6.45) is 0.490. The van der Waals surface area contributed by atoms with E-state index in [1.807, 2.05) is 25.1 Å². The van der Waals surface area contributed by atoms with Gasteiger partial charge in [-0.2, -0.15) is 0 Å². The second-order valence-corrected chi connectivity index (χ2v) is 6.04. The summed E-state index contributed by atoms with van der Waals surface area (Å²) in [5.74, 6) is 1.14. The molecule has 2 aromatic carbocycles. The van der Waals surface area contributed by atoms with Crippen molar-refractivity contribution in [3.05, 3.63) is 54.4 Å². The third-order valence-corrected chi connectivity index (χ3v) is 4.50. The highest BCUT2D eigenvalue weighted by molar-refractivity contribution is 5.90. The van der Waals surface area contributed by atoms with Gasteiger partial charge in [0.25, 0.3) is 0 Å². The Morgan fingerprint density at radius 1 is 1.12 bits per heavy atom. The smallest absolute Gasteiger partial charge is 0.224 e. The Labute approximate surface area is 140 Å². The monoisotopic (exact) mass is 320 g/mol. The van der Waals surface area contributed by atoms with E-state index >= 15 is 0 Å². The molecule has 0 radical (unpaired) electrons. The molecular formula is C19H20N4O. The molecule has 5 heteroatoms. The van der Waals surface area contributed by atoms with Crippen molar-refractivity contribution >= 4 is 28.3 Å². The van der Waals surface area contributed by atoms with Gasteiger partial charge in [0.2, 0.25) is 5.91 Å². The molecule has 2 heterocycles. The van der Waals surface area contributed by atoms with Gasteiger partial charge in [0.15, 0.2) is 0 Å². The molecule has 0 saturated heterocycles. The van der Waals surface area contributed by atoms with Crippen LogP contribution in [0.1, 0.15) is 19.2 Å². The molecule has 5 nitrogen and oxygen atoms in total. The van der Waals surface area contributed by atoms with Gasteiger partial charge in [-0.1, -0.05) is 19.1 Å². The summed E-state index contributed by atoms with van der Waals surface area (Å²) in [5, 5.41) is 2.88. The molecular weight excluding hydrogens is 300 g/mol. The first-order valence-corrected chi connectivity index (χ1v) is 8.33. The van der Waals surface area contributed by atoms with Crippen molar-refractivity contribution in [2.75, 3.05) is 16.8 Å². The number of benzene rings is 2. The van der Waals surface area contributed by atoms with Crippen LogP contribution in [-0.2, 0) is 17.9 Å². The molecule has 1 N–H and O–H groups in total. The van der Waals surface area contributed by atoms with Crippen LogP contribution in [0.25, 0.3) is 11.0 Å². The summed E-state index contributed by atoms with van der Waals surface area (Å²) >= 11 is 0. The summed E-state index contributed by atoms with van der Waals surface area (Å²) in [6, 6.07) is 16.3. The van der Waals surface area contributed by atoms with Gasteiger partial charge < -0.3 is 14.8 Å². The number of imidazole rings is 1. The van der Waals surface area contributed by atoms with Crippen molar-refractivity contribution in [2.24, 2.45) is 0 Å². The van der Waals surface area contributed by atoms with Crippen LogP contribution in [0.4, 0.5) is 11.4 Å². The van der Waals surface area contributed by atoms with Crippen LogP contribution in [0.3, 0.4) is 0 Å². The number of carbonyl (C=O) groups is 1. The number of carbonyl (C=O) groups excluding carboxylic acids is 1. The van der Waals surface area contributed by atoms with Crippen molar-refractivity contribution in [1.82, 2.24) is 9.55 Å². The summed E-state index contributed by atoms with van der Waals surface area (Å²) in [4.78, 5) is 18.5. The first-order valence-electron chi connectivity index (χ1n) is 8.33. The Balaban J connectivity index is 1.55. The van der Waals surface area contributed by atoms with E-state index in [1.54, 1.807) is 0 Å². The zero-order valence-corrected chi connectivity index (χ0v) is 13.7. The maximum atomic E-state index is 11.5. The molecule has 1 aliphatic rings. The molecule has 1 aliphatic heterocycles. The third-order valence-electron chi connectivity index (χ3n) is 4.50. The Morgan fingerprint density at radius 2 is 1.92 bits per heavy atom. The van der Waals surface area contributed by atoms with Gasteiger partial charge in [0.1, 0.15) is 5.82 Å². The minimum Gasteiger partial charge on any atom is -0.362 e. The van der Waals surface area contributed by atoms with Gasteiger partial charge in [-0.25, -0.2) is 4.98 Å². The molecule has 122 valence electrons. The molecule has 0 bridgehead atoms. The van der Waals surface area contributed by atoms with Gasteiger partial charge in [0, 0.05) is 30.9 Å². The normalized spacial score (nSPS) is 13.8. The summed E-state index contributed by atoms with van der Waals surface area (Å²) < 4.78 is 2.31. The number of fused-ring (bicyclic) bond motifs is 3. The molecule has 0 saturated carbocycles. The maximum Gasteiger partial charge on any atom is 0.224 e. The largest absolute Gasteiger partial charge is 0.362 e. The van der Waals surface area contributed by atoms with Crippen LogP contribution in [0, 0.1) is 0 Å². The first kappa shape index (κ1) is 14.8. The molecule has 0 unspecified atom stereocenters.